The fourth-order valence-corrected chi connectivity index (χ4v) is 2.55. The van der Waals surface area contributed by atoms with Crippen molar-refractivity contribution in [1.82, 2.24) is 15.0 Å². The van der Waals surface area contributed by atoms with E-state index < -0.39 is 0 Å². The summed E-state index contributed by atoms with van der Waals surface area (Å²) >= 11 is 5.88. The molecule has 0 aliphatic carbocycles. The number of hydrogen-bond donors (Lipinski definition) is 1. The third kappa shape index (κ3) is 2.64. The first-order valence-corrected chi connectivity index (χ1v) is 6.45. The fraction of sp³-hybridized carbons (Fsp3) is 0.727. The molecule has 0 radical (unpaired) electrons. The van der Waals surface area contributed by atoms with Gasteiger partial charge < -0.3 is 15.4 Å². The summed E-state index contributed by atoms with van der Waals surface area (Å²) < 4.78 is 5.02. The van der Waals surface area contributed by atoms with Gasteiger partial charge in [-0.05, 0) is 30.4 Å². The number of anilines is 1. The lowest BCUT2D eigenvalue weighted by Gasteiger charge is -2.39. The second kappa shape index (κ2) is 5.67. The summed E-state index contributed by atoms with van der Waals surface area (Å²) in [6.45, 7) is 3.66. The first-order valence-electron chi connectivity index (χ1n) is 6.08. The van der Waals surface area contributed by atoms with Crippen LogP contribution < -0.4 is 15.4 Å². The number of nitrogens with two attached hydrogens (primary N) is 1. The van der Waals surface area contributed by atoms with Crippen LogP contribution >= 0.6 is 11.6 Å². The van der Waals surface area contributed by atoms with Crippen LogP contribution in [0.1, 0.15) is 19.8 Å². The summed E-state index contributed by atoms with van der Waals surface area (Å²) in [5.41, 5.74) is 5.85. The summed E-state index contributed by atoms with van der Waals surface area (Å²) in [6, 6.07) is 0.473. The van der Waals surface area contributed by atoms with Gasteiger partial charge in [0.05, 0.1) is 7.11 Å². The molecule has 6 nitrogen and oxygen atoms in total. The van der Waals surface area contributed by atoms with E-state index in [2.05, 4.69) is 26.8 Å². The summed E-state index contributed by atoms with van der Waals surface area (Å²) in [7, 11) is 1.51. The van der Waals surface area contributed by atoms with Crippen LogP contribution in [0.15, 0.2) is 0 Å². The van der Waals surface area contributed by atoms with Gasteiger partial charge in [0.1, 0.15) is 0 Å². The average Bonchev–Trinajstić information content (AvgIpc) is 2.37. The minimum absolute atomic E-state index is 0.144. The Morgan fingerprint density at radius 3 is 2.89 bits per heavy atom. The highest BCUT2D eigenvalue weighted by Gasteiger charge is 2.29. The molecule has 0 spiro atoms. The Morgan fingerprint density at radius 2 is 2.22 bits per heavy atom. The molecule has 0 bridgehead atoms. The van der Waals surface area contributed by atoms with Crippen LogP contribution in [-0.2, 0) is 0 Å². The average molecular weight is 272 g/mol. The number of aromatic nitrogens is 3. The standard InChI is InChI=1S/C11H18ClN5O/c1-7-4-3-5-17(8(7)6-13)10-14-9(12)15-11(16-10)18-2/h7-8H,3-6,13H2,1-2H3. The van der Waals surface area contributed by atoms with E-state index in [0.29, 0.717) is 18.4 Å². The van der Waals surface area contributed by atoms with Gasteiger partial charge in [-0.15, -0.1) is 0 Å². The lowest BCUT2D eigenvalue weighted by molar-refractivity contribution is 0.340. The molecule has 0 amide bonds. The Labute approximate surface area is 112 Å². The predicted molar refractivity (Wildman–Crippen MR) is 70.0 cm³/mol. The van der Waals surface area contributed by atoms with Gasteiger partial charge in [-0.1, -0.05) is 6.92 Å². The lowest BCUT2D eigenvalue weighted by Crippen LogP contribution is -2.49. The number of rotatable bonds is 3. The molecule has 1 fully saturated rings. The van der Waals surface area contributed by atoms with Crippen molar-refractivity contribution in [3.05, 3.63) is 5.28 Å². The van der Waals surface area contributed by atoms with E-state index in [1.807, 2.05) is 0 Å². The number of piperidine rings is 1. The highest BCUT2D eigenvalue weighted by Crippen LogP contribution is 2.27. The SMILES string of the molecule is COc1nc(Cl)nc(N2CCCC(C)C2CN)n1. The van der Waals surface area contributed by atoms with Crippen LogP contribution in [0.5, 0.6) is 6.01 Å². The van der Waals surface area contributed by atoms with Gasteiger partial charge in [0.2, 0.25) is 11.2 Å². The molecule has 2 unspecified atom stereocenters. The van der Waals surface area contributed by atoms with E-state index in [1.165, 1.54) is 13.5 Å². The minimum Gasteiger partial charge on any atom is -0.467 e. The molecule has 0 saturated carbocycles. The molecule has 7 heteroatoms. The van der Waals surface area contributed by atoms with Gasteiger partial charge in [-0.3, -0.25) is 0 Å². The van der Waals surface area contributed by atoms with Crippen molar-refractivity contribution in [2.75, 3.05) is 25.1 Å². The fourth-order valence-electron chi connectivity index (χ4n) is 2.40. The van der Waals surface area contributed by atoms with E-state index >= 15 is 0 Å². The Morgan fingerprint density at radius 1 is 1.44 bits per heavy atom. The summed E-state index contributed by atoms with van der Waals surface area (Å²) in [6.07, 6.45) is 2.28. The van der Waals surface area contributed by atoms with E-state index in [9.17, 15) is 0 Å². The molecule has 0 aromatic carbocycles. The van der Waals surface area contributed by atoms with Crippen LogP contribution in [-0.4, -0.2) is 41.2 Å². The predicted octanol–water partition coefficient (Wildman–Crippen LogP) is 1.10. The van der Waals surface area contributed by atoms with Crippen molar-refractivity contribution in [1.29, 1.82) is 0 Å². The first-order chi connectivity index (χ1) is 8.65. The van der Waals surface area contributed by atoms with Crippen molar-refractivity contribution in [2.45, 2.75) is 25.8 Å². The molecule has 2 N–H and O–H groups in total. The lowest BCUT2D eigenvalue weighted by atomic mass is 9.91. The molecular formula is C11H18ClN5O. The second-order valence-electron chi connectivity index (χ2n) is 4.51. The molecule has 1 aliphatic rings. The molecule has 2 heterocycles. The second-order valence-corrected chi connectivity index (χ2v) is 4.85. The van der Waals surface area contributed by atoms with Gasteiger partial charge in [-0.25, -0.2) is 0 Å². The van der Waals surface area contributed by atoms with Crippen molar-refractivity contribution in [3.63, 3.8) is 0 Å². The first kappa shape index (κ1) is 13.3. The number of methoxy groups -OCH3 is 1. The van der Waals surface area contributed by atoms with Gasteiger partial charge in [0.25, 0.3) is 0 Å². The van der Waals surface area contributed by atoms with Crippen molar-refractivity contribution in [2.24, 2.45) is 11.7 Å². The number of hydrogen-bond acceptors (Lipinski definition) is 6. The quantitative estimate of drug-likeness (QED) is 0.887. The molecule has 2 rings (SSSR count). The summed E-state index contributed by atoms with van der Waals surface area (Å²) in [5, 5.41) is 0.144. The van der Waals surface area contributed by atoms with Gasteiger partial charge >= 0.3 is 6.01 Å². The number of ether oxygens (including phenoxy) is 1. The maximum Gasteiger partial charge on any atom is 0.322 e. The zero-order valence-corrected chi connectivity index (χ0v) is 11.4. The van der Waals surface area contributed by atoms with E-state index in [4.69, 9.17) is 22.1 Å². The van der Waals surface area contributed by atoms with Crippen LogP contribution in [0.4, 0.5) is 5.95 Å². The molecule has 1 aromatic rings. The number of nitrogens with zero attached hydrogens (tertiary/aromatic N) is 4. The topological polar surface area (TPSA) is 77.2 Å². The van der Waals surface area contributed by atoms with Gasteiger partial charge in [-0.2, -0.15) is 15.0 Å². The van der Waals surface area contributed by atoms with Gasteiger partial charge in [0, 0.05) is 19.1 Å². The minimum atomic E-state index is 0.144. The third-order valence-electron chi connectivity index (χ3n) is 3.37. The molecule has 1 saturated heterocycles. The smallest absolute Gasteiger partial charge is 0.322 e. The molecule has 1 aliphatic heterocycles. The van der Waals surface area contributed by atoms with Crippen LogP contribution in [0.3, 0.4) is 0 Å². The van der Waals surface area contributed by atoms with E-state index in [1.54, 1.807) is 0 Å². The number of halogens is 1. The Hall–Kier alpha value is -1.14. The van der Waals surface area contributed by atoms with Crippen molar-refractivity contribution in [3.8, 4) is 6.01 Å². The van der Waals surface area contributed by atoms with Crippen LogP contribution in [0, 0.1) is 5.92 Å². The van der Waals surface area contributed by atoms with Crippen LogP contribution in [0.2, 0.25) is 5.28 Å². The largest absolute Gasteiger partial charge is 0.467 e. The van der Waals surface area contributed by atoms with Crippen LogP contribution in [0.25, 0.3) is 0 Å². The zero-order chi connectivity index (χ0) is 13.1. The molecule has 1 aromatic heterocycles. The summed E-state index contributed by atoms with van der Waals surface area (Å²) in [4.78, 5) is 14.4. The maximum absolute atomic E-state index is 5.88. The Balaban J connectivity index is 2.31. The molecular weight excluding hydrogens is 254 g/mol. The highest BCUT2D eigenvalue weighted by atomic mass is 35.5. The third-order valence-corrected chi connectivity index (χ3v) is 3.54. The maximum atomic E-state index is 5.88. The molecule has 100 valence electrons. The van der Waals surface area contributed by atoms with E-state index in [-0.39, 0.29) is 17.3 Å². The van der Waals surface area contributed by atoms with E-state index in [0.717, 1.165) is 13.0 Å². The van der Waals surface area contributed by atoms with Crippen molar-refractivity contribution >= 4 is 17.5 Å². The zero-order valence-electron chi connectivity index (χ0n) is 10.6. The Kier molecular flexibility index (Phi) is 4.19. The normalized spacial score (nSPS) is 24.1. The Bertz CT molecular complexity index is 416. The molecule has 18 heavy (non-hydrogen) atoms. The highest BCUT2D eigenvalue weighted by molar-refractivity contribution is 6.28. The monoisotopic (exact) mass is 271 g/mol. The van der Waals surface area contributed by atoms with Gasteiger partial charge in [0.15, 0.2) is 0 Å². The van der Waals surface area contributed by atoms with Crippen molar-refractivity contribution < 1.29 is 4.74 Å². The molecule has 2 atom stereocenters. The summed E-state index contributed by atoms with van der Waals surface area (Å²) in [5.74, 6) is 1.07.